The van der Waals surface area contributed by atoms with E-state index in [1.54, 1.807) is 47.7 Å². The van der Waals surface area contributed by atoms with E-state index in [9.17, 15) is 24.3 Å². The summed E-state index contributed by atoms with van der Waals surface area (Å²) in [5.74, 6) is -5.06. The SMILES string of the molecule is CC[C@H]1OC(=O)[C@H](C)C(=O)[C@H](C)[C@@H](O[C@@H]2O[C@H](C)C[C@H](N(C)C)[C@H]2O)[C@](C)(OCCNCc2ccnc3ccccc23)C[C@@H](C)C(=O)[C@H](C)[C@H]2NC(=O)O[C@@]21C. The number of nitrogens with one attached hydrogen (secondary N) is 2. The zero-order chi connectivity index (χ0) is 41.1. The Bertz CT molecular complexity index is 1720. The van der Waals surface area contributed by atoms with Crippen molar-refractivity contribution >= 4 is 34.5 Å². The lowest BCUT2D eigenvalue weighted by Gasteiger charge is -2.47. The van der Waals surface area contributed by atoms with Gasteiger partial charge in [-0.15, -0.1) is 0 Å². The second kappa shape index (κ2) is 17.9. The number of ketones is 2. The summed E-state index contributed by atoms with van der Waals surface area (Å²) in [5, 5.41) is 18.9. The number of likely N-dealkylation sites (N-methyl/N-ethyl adjacent to an activating group) is 1. The average molecular weight is 783 g/mol. The number of esters is 1. The molecule has 3 N–H and O–H groups in total. The number of amides is 1. The van der Waals surface area contributed by atoms with Gasteiger partial charge in [-0.25, -0.2) is 4.79 Å². The van der Waals surface area contributed by atoms with Crippen molar-refractivity contribution in [2.75, 3.05) is 27.2 Å². The summed E-state index contributed by atoms with van der Waals surface area (Å²) >= 11 is 0. The second-order valence-corrected chi connectivity index (χ2v) is 16.7. The van der Waals surface area contributed by atoms with Crippen LogP contribution in [0, 0.1) is 23.7 Å². The Labute approximate surface area is 330 Å². The largest absolute Gasteiger partial charge is 0.458 e. The molecule has 0 spiro atoms. The van der Waals surface area contributed by atoms with Crippen molar-refractivity contribution in [1.82, 2.24) is 20.5 Å². The van der Waals surface area contributed by atoms with Crippen LogP contribution in [0.15, 0.2) is 36.5 Å². The fourth-order valence-electron chi connectivity index (χ4n) is 9.02. The van der Waals surface area contributed by atoms with E-state index >= 15 is 0 Å². The van der Waals surface area contributed by atoms with E-state index in [2.05, 4.69) is 15.6 Å². The highest BCUT2D eigenvalue weighted by Gasteiger charge is 2.57. The Morgan fingerprint density at radius 1 is 1.02 bits per heavy atom. The number of hydrogen-bond donors (Lipinski definition) is 3. The van der Waals surface area contributed by atoms with E-state index in [4.69, 9.17) is 23.7 Å². The van der Waals surface area contributed by atoms with E-state index in [-0.39, 0.29) is 37.4 Å². The van der Waals surface area contributed by atoms with Crippen molar-refractivity contribution in [2.24, 2.45) is 23.7 Å². The third kappa shape index (κ3) is 9.11. The number of carbonyl (C=O) groups excluding carboxylic acids is 4. The molecule has 1 aromatic carbocycles. The van der Waals surface area contributed by atoms with Crippen LogP contribution in [0.3, 0.4) is 0 Å². The molecule has 3 aliphatic heterocycles. The van der Waals surface area contributed by atoms with Gasteiger partial charge in [-0.2, -0.15) is 0 Å². The first kappa shape index (κ1) is 43.6. The maximum atomic E-state index is 14.4. The topological polar surface area (TPSA) is 175 Å². The van der Waals surface area contributed by atoms with E-state index < -0.39 is 83.4 Å². The molecule has 3 aliphatic rings. The van der Waals surface area contributed by atoms with Gasteiger partial charge in [0.25, 0.3) is 0 Å². The van der Waals surface area contributed by atoms with Crippen LogP contribution < -0.4 is 10.6 Å². The number of rotatable bonds is 10. The van der Waals surface area contributed by atoms with E-state index in [0.29, 0.717) is 19.5 Å². The Morgan fingerprint density at radius 2 is 1.73 bits per heavy atom. The predicted octanol–water partition coefficient (Wildman–Crippen LogP) is 4.19. The van der Waals surface area contributed by atoms with Crippen LogP contribution in [0.1, 0.15) is 80.2 Å². The molecule has 14 nitrogen and oxygen atoms in total. The van der Waals surface area contributed by atoms with E-state index in [1.807, 2.05) is 56.3 Å². The number of hydrogen-bond acceptors (Lipinski definition) is 13. The Balaban J connectivity index is 1.50. The minimum absolute atomic E-state index is 0.108. The van der Waals surface area contributed by atoms with Gasteiger partial charge in [0.05, 0.1) is 36.0 Å². The standard InChI is InChI=1S/C42H62N4O10/c1-11-32-42(8)36(45-40(51)56-42)25(4)33(47)23(2)21-41(7,52-19-18-43-22-28-16-17-44-30-15-13-12-14-29(28)30)37(26(5)34(48)27(6)38(50)54-32)55-39-35(49)31(46(9)10)20-24(3)53-39/h12-17,23-27,31-32,35-37,39,43,49H,11,18-22H2,1-10H3,(H,45,51)/t23-,24-,25+,26+,27-,31+,32-,35-,36-,37-,39+,41-,42-/m1/s1. The number of aliphatic hydroxyl groups is 1. The van der Waals surface area contributed by atoms with Crippen molar-refractivity contribution in [1.29, 1.82) is 0 Å². The monoisotopic (exact) mass is 782 g/mol. The molecule has 5 rings (SSSR count). The molecule has 3 saturated heterocycles. The molecular weight excluding hydrogens is 720 g/mol. The number of carbonyl (C=O) groups is 4. The first-order valence-electron chi connectivity index (χ1n) is 20.0. The van der Waals surface area contributed by atoms with Crippen molar-refractivity contribution in [3.8, 4) is 0 Å². The average Bonchev–Trinajstić information content (AvgIpc) is 3.48. The van der Waals surface area contributed by atoms with E-state index in [1.165, 1.54) is 6.92 Å². The lowest BCUT2D eigenvalue weighted by molar-refractivity contribution is -0.297. The zero-order valence-corrected chi connectivity index (χ0v) is 34.6. The van der Waals surface area contributed by atoms with Crippen LogP contribution in [0.25, 0.3) is 10.9 Å². The molecule has 310 valence electrons. The number of para-hydroxylation sites is 1. The minimum Gasteiger partial charge on any atom is -0.458 e. The van der Waals surface area contributed by atoms with Crippen LogP contribution in [0.2, 0.25) is 0 Å². The molecule has 0 bridgehead atoms. The van der Waals surface area contributed by atoms with Gasteiger partial charge in [-0.1, -0.05) is 45.9 Å². The van der Waals surface area contributed by atoms with Gasteiger partial charge in [0.2, 0.25) is 0 Å². The molecule has 14 heteroatoms. The van der Waals surface area contributed by atoms with Gasteiger partial charge in [0.1, 0.15) is 23.9 Å². The summed E-state index contributed by atoms with van der Waals surface area (Å²) < 4.78 is 31.5. The molecule has 0 saturated carbocycles. The Hall–Kier alpha value is -3.53. The first-order chi connectivity index (χ1) is 26.4. The molecule has 56 heavy (non-hydrogen) atoms. The van der Waals surface area contributed by atoms with Gasteiger partial charge in [0, 0.05) is 48.5 Å². The number of benzene rings is 1. The highest BCUT2D eigenvalue weighted by molar-refractivity contribution is 6.00. The van der Waals surface area contributed by atoms with Gasteiger partial charge < -0.3 is 44.3 Å². The highest BCUT2D eigenvalue weighted by atomic mass is 16.7. The summed E-state index contributed by atoms with van der Waals surface area (Å²) in [4.78, 5) is 61.8. The van der Waals surface area contributed by atoms with Crippen LogP contribution in [0.5, 0.6) is 0 Å². The maximum Gasteiger partial charge on any atom is 0.408 e. The van der Waals surface area contributed by atoms with Gasteiger partial charge in [0.15, 0.2) is 17.7 Å². The number of fused-ring (bicyclic) bond motifs is 2. The maximum absolute atomic E-state index is 14.4. The van der Waals surface area contributed by atoms with Crippen LogP contribution in [-0.4, -0.2) is 120 Å². The molecule has 0 radical (unpaired) electrons. The summed E-state index contributed by atoms with van der Waals surface area (Å²) in [6, 6.07) is 8.77. The van der Waals surface area contributed by atoms with Crippen LogP contribution in [-0.2, 0) is 44.6 Å². The summed E-state index contributed by atoms with van der Waals surface area (Å²) in [6.07, 6.45) is -2.52. The number of pyridine rings is 1. The molecule has 2 aromatic rings. The number of Topliss-reactive ketones (excluding diaryl/α,β-unsaturated/α-hetero) is 2. The summed E-state index contributed by atoms with van der Waals surface area (Å²) in [5.41, 5.74) is -0.736. The molecular formula is C42H62N4O10. The Kier molecular flexibility index (Phi) is 14.0. The predicted molar refractivity (Wildman–Crippen MR) is 208 cm³/mol. The molecule has 13 atom stereocenters. The molecule has 0 aliphatic carbocycles. The van der Waals surface area contributed by atoms with Crippen molar-refractivity contribution in [3.05, 3.63) is 42.1 Å². The van der Waals surface area contributed by atoms with Crippen molar-refractivity contribution in [3.63, 3.8) is 0 Å². The third-order valence-corrected chi connectivity index (χ3v) is 12.2. The van der Waals surface area contributed by atoms with Crippen LogP contribution >= 0.6 is 0 Å². The number of cyclic esters (lactones) is 1. The number of aliphatic hydroxyl groups excluding tert-OH is 1. The fourth-order valence-corrected chi connectivity index (χ4v) is 9.02. The fraction of sp³-hybridized carbons (Fsp3) is 0.690. The first-order valence-corrected chi connectivity index (χ1v) is 20.0. The molecule has 3 fully saturated rings. The lowest BCUT2D eigenvalue weighted by atomic mass is 9.73. The molecule has 1 aromatic heterocycles. The number of nitrogens with zero attached hydrogens (tertiary/aromatic N) is 2. The third-order valence-electron chi connectivity index (χ3n) is 12.2. The second-order valence-electron chi connectivity index (χ2n) is 16.7. The van der Waals surface area contributed by atoms with Crippen molar-refractivity contribution in [2.45, 2.75) is 135 Å². The smallest absolute Gasteiger partial charge is 0.408 e. The molecule has 1 amide bonds. The lowest BCUT2D eigenvalue weighted by Crippen LogP contribution is -2.60. The number of ether oxygens (including phenoxy) is 5. The quantitative estimate of drug-likeness (QED) is 0.178. The van der Waals surface area contributed by atoms with Gasteiger partial charge in [-0.3, -0.25) is 19.4 Å². The van der Waals surface area contributed by atoms with Crippen molar-refractivity contribution < 1.29 is 48.0 Å². The minimum atomic E-state index is -1.37. The normalized spacial score (nSPS) is 37.5. The zero-order valence-electron chi connectivity index (χ0n) is 34.6. The molecule has 4 heterocycles. The van der Waals surface area contributed by atoms with E-state index in [0.717, 1.165) is 16.5 Å². The van der Waals surface area contributed by atoms with Crippen LogP contribution in [0.4, 0.5) is 4.79 Å². The Morgan fingerprint density at radius 3 is 2.43 bits per heavy atom. The number of aromatic nitrogens is 1. The van der Waals surface area contributed by atoms with Gasteiger partial charge >= 0.3 is 12.1 Å². The number of alkyl carbamates (subject to hydrolysis) is 1. The highest BCUT2D eigenvalue weighted by Crippen LogP contribution is 2.40. The summed E-state index contributed by atoms with van der Waals surface area (Å²) in [6.45, 7) is 15.0. The summed E-state index contributed by atoms with van der Waals surface area (Å²) in [7, 11) is 3.75. The molecule has 0 unspecified atom stereocenters. The van der Waals surface area contributed by atoms with Gasteiger partial charge in [-0.05, 0) is 78.7 Å².